The maximum Gasteiger partial charge on any atom is 0.356 e. The summed E-state index contributed by atoms with van der Waals surface area (Å²) in [4.78, 5) is 10.4. The van der Waals surface area contributed by atoms with Crippen LogP contribution in [-0.4, -0.2) is 14.7 Å². The van der Waals surface area contributed by atoms with Crippen LogP contribution in [0.4, 0.5) is 0 Å². The highest BCUT2D eigenvalue weighted by molar-refractivity contribution is 7.94. The largest absolute Gasteiger partial charge is 0.400 e. The summed E-state index contributed by atoms with van der Waals surface area (Å²) in [6.07, 6.45) is 0.876. The Balaban J connectivity index is 2.08. The van der Waals surface area contributed by atoms with Gasteiger partial charge in [0, 0.05) is 0 Å². The van der Waals surface area contributed by atoms with Crippen LogP contribution in [-0.2, 0) is 14.6 Å². The van der Waals surface area contributed by atoms with Crippen LogP contribution in [0.25, 0.3) is 0 Å². The molecule has 0 bridgehead atoms. The minimum Gasteiger partial charge on any atom is -0.400 e. The van der Waals surface area contributed by atoms with Crippen molar-refractivity contribution in [3.05, 3.63) is 59.7 Å². The van der Waals surface area contributed by atoms with Gasteiger partial charge in [0.1, 0.15) is 11.5 Å². The first-order valence-corrected chi connectivity index (χ1v) is 10.9. The van der Waals surface area contributed by atoms with Gasteiger partial charge in [0.25, 0.3) is 0 Å². The first-order valence-electron chi connectivity index (χ1n) is 7.26. The zero-order valence-electron chi connectivity index (χ0n) is 14.0. The van der Waals surface area contributed by atoms with E-state index >= 15 is 0 Å². The molecule has 0 saturated heterocycles. The van der Waals surface area contributed by atoms with Gasteiger partial charge < -0.3 is 9.68 Å². The fourth-order valence-electron chi connectivity index (χ4n) is 1.74. The minimum absolute atomic E-state index is 0.360. The van der Waals surface area contributed by atoms with E-state index in [-0.39, 0.29) is 0 Å². The maximum absolute atomic E-state index is 12.7. The molecule has 3 N–H and O–H groups in total. The van der Waals surface area contributed by atoms with Crippen LogP contribution in [0.1, 0.15) is 11.1 Å². The normalized spacial score (nSPS) is 12.0. The van der Waals surface area contributed by atoms with Gasteiger partial charge in [0.2, 0.25) is 10.0 Å². The third-order valence-electron chi connectivity index (χ3n) is 2.92. The van der Waals surface area contributed by atoms with Gasteiger partial charge in [-0.1, -0.05) is 45.9 Å². The number of nitrogens with one attached hydrogen (secondary N) is 3. The average Bonchev–Trinajstić information content (AvgIpc) is 2.52. The Labute approximate surface area is 147 Å². The molecule has 2 aromatic carbocycles. The molecule has 0 aliphatic heterocycles. The Morgan fingerprint density at radius 1 is 0.800 bits per heavy atom. The molecule has 0 aliphatic carbocycles. The number of hydrogen-bond donors (Lipinski definition) is 3. The molecule has 0 radical (unpaired) electrons. The third kappa shape index (κ3) is 6.85. The van der Waals surface area contributed by atoms with Crippen LogP contribution in [0.2, 0.25) is 0 Å². The van der Waals surface area contributed by atoms with E-state index in [0.717, 1.165) is 17.4 Å². The second kappa shape index (κ2) is 7.99. The molecule has 0 unspecified atom stereocenters. The van der Waals surface area contributed by atoms with E-state index in [0.29, 0.717) is 11.5 Å². The second-order valence-electron chi connectivity index (χ2n) is 5.49. The van der Waals surface area contributed by atoms with Gasteiger partial charge in [-0.15, -0.1) is 4.49 Å². The summed E-state index contributed by atoms with van der Waals surface area (Å²) in [7, 11) is -7.78. The molecule has 2 aromatic rings. The Hall–Kier alpha value is -1.90. The highest BCUT2D eigenvalue weighted by atomic mass is 32.2. The van der Waals surface area contributed by atoms with Gasteiger partial charge in [-0.05, 0) is 38.1 Å². The van der Waals surface area contributed by atoms with Crippen LogP contribution < -0.4 is 24.7 Å². The predicted octanol–water partition coefficient (Wildman–Crippen LogP) is 2.43. The zero-order chi connectivity index (χ0) is 18.5. The first kappa shape index (κ1) is 19.4. The fraction of sp³-hybridized carbons (Fsp3) is 0.200. The molecule has 25 heavy (non-hydrogen) atoms. The molecule has 0 saturated carbocycles. The zero-order valence-corrected chi connectivity index (χ0v) is 15.7. The molecule has 0 aliphatic rings. The fourth-order valence-corrected chi connectivity index (χ4v) is 4.41. The van der Waals surface area contributed by atoms with Crippen molar-refractivity contribution in [2.45, 2.75) is 13.8 Å². The number of sulfonamides is 1. The lowest BCUT2D eigenvalue weighted by molar-refractivity contribution is 0.223. The lowest BCUT2D eigenvalue weighted by Crippen LogP contribution is -2.37. The quantitative estimate of drug-likeness (QED) is 0.473. The molecular weight excluding hydrogens is 365 g/mol. The van der Waals surface area contributed by atoms with Gasteiger partial charge in [-0.2, -0.15) is 0 Å². The lowest BCUT2D eigenvalue weighted by Gasteiger charge is -2.20. The number of aryl methyl sites for hydroxylation is 2. The summed E-state index contributed by atoms with van der Waals surface area (Å²) >= 11 is 0. The van der Waals surface area contributed by atoms with Crippen molar-refractivity contribution in [3.8, 4) is 11.5 Å². The van der Waals surface area contributed by atoms with Crippen molar-refractivity contribution >= 4 is 17.6 Å². The predicted molar refractivity (Wildman–Crippen MR) is 95.5 cm³/mol. The summed E-state index contributed by atoms with van der Waals surface area (Å²) in [6.45, 7) is 3.81. The van der Waals surface area contributed by atoms with Gasteiger partial charge >= 0.3 is 7.59 Å². The van der Waals surface area contributed by atoms with E-state index in [1.807, 2.05) is 18.3 Å². The van der Waals surface area contributed by atoms with Crippen LogP contribution in [0.3, 0.4) is 0 Å². The Bertz CT molecular complexity index is 800. The van der Waals surface area contributed by atoms with Crippen molar-refractivity contribution in [3.63, 3.8) is 0 Å². The Morgan fingerprint density at radius 2 is 1.16 bits per heavy atom. The molecule has 8 nitrogen and oxygen atoms in total. The van der Waals surface area contributed by atoms with Crippen molar-refractivity contribution < 1.29 is 22.7 Å². The number of benzene rings is 2. The summed E-state index contributed by atoms with van der Waals surface area (Å²) < 4.78 is 37.7. The molecule has 0 amide bonds. The van der Waals surface area contributed by atoms with Crippen LogP contribution in [0, 0.1) is 13.8 Å². The van der Waals surface area contributed by atoms with Gasteiger partial charge in [0.15, 0.2) is 0 Å². The lowest BCUT2D eigenvalue weighted by atomic mass is 10.2. The van der Waals surface area contributed by atoms with Gasteiger partial charge in [0.05, 0.1) is 6.26 Å². The minimum atomic E-state index is -3.98. The monoisotopic (exact) mass is 385 g/mol. The summed E-state index contributed by atoms with van der Waals surface area (Å²) in [5.41, 5.74) is 2.04. The molecule has 10 heteroatoms. The second-order valence-corrected chi connectivity index (χ2v) is 9.34. The van der Waals surface area contributed by atoms with E-state index in [1.165, 1.54) is 0 Å². The van der Waals surface area contributed by atoms with Crippen LogP contribution >= 0.6 is 7.59 Å². The van der Waals surface area contributed by atoms with Crippen molar-refractivity contribution in [1.82, 2.24) is 15.0 Å². The molecule has 2 rings (SSSR count). The van der Waals surface area contributed by atoms with E-state index in [9.17, 15) is 13.0 Å². The summed E-state index contributed by atoms with van der Waals surface area (Å²) in [5.74, 6) is 0.719. The van der Waals surface area contributed by atoms with Gasteiger partial charge in [-0.25, -0.2) is 8.42 Å². The standard InChI is InChI=1S/C15H20N3O5PS/c1-12-4-8-14(9-5-12)22-16-24(19,18-25(3,20)21)17-23-15-10-6-13(2)7-11-15/h4-11H,1-3H3,(H3,16,17,18,19). The summed E-state index contributed by atoms with van der Waals surface area (Å²) in [6, 6.07) is 13.8. The van der Waals surface area contributed by atoms with E-state index in [1.54, 1.807) is 48.5 Å². The highest BCUT2D eigenvalue weighted by Crippen LogP contribution is 2.32. The van der Waals surface area contributed by atoms with E-state index in [2.05, 4.69) is 10.5 Å². The van der Waals surface area contributed by atoms with Gasteiger partial charge in [-0.3, -0.25) is 4.57 Å². The number of hydrogen-bond acceptors (Lipinski definition) is 5. The smallest absolute Gasteiger partial charge is 0.356 e. The van der Waals surface area contributed by atoms with E-state index < -0.39 is 17.6 Å². The topological polar surface area (TPSA) is 106 Å². The van der Waals surface area contributed by atoms with Crippen molar-refractivity contribution in [1.29, 1.82) is 0 Å². The third-order valence-corrected chi connectivity index (χ3v) is 5.97. The van der Waals surface area contributed by atoms with Crippen molar-refractivity contribution in [2.24, 2.45) is 0 Å². The van der Waals surface area contributed by atoms with Crippen molar-refractivity contribution in [2.75, 3.05) is 6.26 Å². The average molecular weight is 385 g/mol. The molecular formula is C15H20N3O5PS. The number of rotatable bonds is 8. The molecule has 0 fully saturated rings. The highest BCUT2D eigenvalue weighted by Gasteiger charge is 2.28. The summed E-state index contributed by atoms with van der Waals surface area (Å²) in [5, 5.41) is 4.40. The maximum atomic E-state index is 12.7. The Kier molecular flexibility index (Phi) is 6.21. The molecule has 136 valence electrons. The molecule has 0 atom stereocenters. The van der Waals surface area contributed by atoms with Crippen LogP contribution in [0.5, 0.6) is 11.5 Å². The molecule has 0 heterocycles. The first-order chi connectivity index (χ1) is 11.7. The van der Waals surface area contributed by atoms with E-state index in [4.69, 9.17) is 9.68 Å². The molecule has 0 spiro atoms. The Morgan fingerprint density at radius 3 is 1.48 bits per heavy atom. The molecule has 0 aromatic heterocycles. The van der Waals surface area contributed by atoms with Crippen LogP contribution in [0.15, 0.2) is 48.5 Å². The SMILES string of the molecule is Cc1ccc(ONP(=O)(NOc2ccc(C)cc2)NS(C)(=O)=O)cc1.